The minimum absolute atomic E-state index is 0.671. The summed E-state index contributed by atoms with van der Waals surface area (Å²) in [5.41, 5.74) is 1.27. The topological polar surface area (TPSA) is 29.0 Å². The van der Waals surface area contributed by atoms with Gasteiger partial charge in [0.2, 0.25) is 0 Å². The summed E-state index contributed by atoms with van der Waals surface area (Å²) in [5, 5.41) is 1.16. The summed E-state index contributed by atoms with van der Waals surface area (Å²) in [6, 6.07) is 0. The second-order valence-electron chi connectivity index (χ2n) is 4.07. The molecule has 0 saturated carbocycles. The van der Waals surface area contributed by atoms with Gasteiger partial charge >= 0.3 is 0 Å². The number of hydrogen-bond donors (Lipinski definition) is 0. The Morgan fingerprint density at radius 1 is 1.43 bits per heavy atom. The molecule has 3 nitrogen and oxygen atoms in total. The lowest BCUT2D eigenvalue weighted by Crippen LogP contribution is -2.22. The predicted octanol–water partition coefficient (Wildman–Crippen LogP) is 1.68. The van der Waals surface area contributed by atoms with E-state index in [-0.39, 0.29) is 0 Å². The maximum absolute atomic E-state index is 4.47. The molecule has 2 bridgehead atoms. The number of nitrogens with zero attached hydrogens (tertiary/aromatic N) is 3. The number of hydrogen-bond acceptors (Lipinski definition) is 5. The van der Waals surface area contributed by atoms with Crippen LogP contribution in [0.2, 0.25) is 0 Å². The molecule has 0 amide bonds. The Bertz CT molecular complexity index is 339. The third-order valence-corrected chi connectivity index (χ3v) is 4.70. The molecule has 1 aromatic rings. The molecule has 2 aliphatic heterocycles. The quantitative estimate of drug-likeness (QED) is 0.719. The Hall–Kier alpha value is -0.130. The van der Waals surface area contributed by atoms with E-state index in [0.717, 1.165) is 10.9 Å². The SMILES string of the molecule is CSc1nsnc1[C@H]1CN2CC[C@H]1C2. The van der Waals surface area contributed by atoms with Crippen LogP contribution in [0.4, 0.5) is 0 Å². The highest BCUT2D eigenvalue weighted by molar-refractivity contribution is 7.98. The molecule has 0 radical (unpaired) electrons. The smallest absolute Gasteiger partial charge is 0.133 e. The highest BCUT2D eigenvalue weighted by Crippen LogP contribution is 2.41. The van der Waals surface area contributed by atoms with Crippen molar-refractivity contribution in [1.82, 2.24) is 13.6 Å². The molecular weight excluding hydrogens is 214 g/mol. The molecule has 0 spiro atoms. The van der Waals surface area contributed by atoms with Gasteiger partial charge in [0.1, 0.15) is 5.03 Å². The van der Waals surface area contributed by atoms with Crippen molar-refractivity contribution in [3.8, 4) is 0 Å². The van der Waals surface area contributed by atoms with Crippen LogP contribution in [-0.2, 0) is 0 Å². The molecule has 1 aromatic heterocycles. The average molecular weight is 227 g/mol. The monoisotopic (exact) mass is 227 g/mol. The molecule has 14 heavy (non-hydrogen) atoms. The largest absolute Gasteiger partial charge is 0.302 e. The van der Waals surface area contributed by atoms with Gasteiger partial charge in [-0.1, -0.05) is 0 Å². The fraction of sp³-hybridized carbons (Fsp3) is 0.778. The van der Waals surface area contributed by atoms with E-state index in [1.54, 1.807) is 11.8 Å². The van der Waals surface area contributed by atoms with Gasteiger partial charge in [-0.05, 0) is 25.1 Å². The summed E-state index contributed by atoms with van der Waals surface area (Å²) in [4.78, 5) is 2.55. The molecule has 76 valence electrons. The molecular formula is C9H13N3S2. The van der Waals surface area contributed by atoms with Crippen LogP contribution in [0, 0.1) is 5.92 Å². The van der Waals surface area contributed by atoms with Gasteiger partial charge in [-0.2, -0.15) is 8.75 Å². The number of thioether (sulfide) groups is 1. The van der Waals surface area contributed by atoms with Crippen molar-refractivity contribution >= 4 is 23.5 Å². The molecule has 3 rings (SSSR count). The summed E-state index contributed by atoms with van der Waals surface area (Å²) in [6.07, 6.45) is 3.45. The third-order valence-electron chi connectivity index (χ3n) is 3.36. The van der Waals surface area contributed by atoms with Gasteiger partial charge in [-0.25, -0.2) is 0 Å². The molecule has 0 aliphatic carbocycles. The van der Waals surface area contributed by atoms with Crippen molar-refractivity contribution in [3.63, 3.8) is 0 Å². The highest BCUT2D eigenvalue weighted by Gasteiger charge is 2.40. The zero-order valence-corrected chi connectivity index (χ0v) is 9.77. The van der Waals surface area contributed by atoms with Crippen LogP contribution in [0.25, 0.3) is 0 Å². The van der Waals surface area contributed by atoms with Crippen LogP contribution in [0.5, 0.6) is 0 Å². The number of aromatic nitrogens is 2. The molecule has 3 heterocycles. The first-order valence-electron chi connectivity index (χ1n) is 4.97. The summed E-state index contributed by atoms with van der Waals surface area (Å²) in [6.45, 7) is 3.80. The van der Waals surface area contributed by atoms with E-state index in [1.165, 1.54) is 43.5 Å². The molecule has 5 heteroatoms. The Morgan fingerprint density at radius 3 is 3.00 bits per heavy atom. The van der Waals surface area contributed by atoms with Gasteiger partial charge in [0.05, 0.1) is 17.4 Å². The molecule has 3 atom stereocenters. The zero-order chi connectivity index (χ0) is 9.54. The minimum atomic E-state index is 0.671. The first-order valence-corrected chi connectivity index (χ1v) is 6.93. The maximum atomic E-state index is 4.47. The Labute approximate surface area is 92.2 Å². The molecule has 0 aromatic carbocycles. The van der Waals surface area contributed by atoms with Crippen LogP contribution in [0.1, 0.15) is 18.0 Å². The van der Waals surface area contributed by atoms with Crippen molar-refractivity contribution in [1.29, 1.82) is 0 Å². The Kier molecular flexibility index (Phi) is 2.26. The second-order valence-corrected chi connectivity index (χ2v) is 5.40. The summed E-state index contributed by atoms with van der Waals surface area (Å²) < 4.78 is 8.81. The van der Waals surface area contributed by atoms with Gasteiger partial charge in [-0.15, -0.1) is 11.8 Å². The van der Waals surface area contributed by atoms with E-state index in [4.69, 9.17) is 0 Å². The lowest BCUT2D eigenvalue weighted by Gasteiger charge is -2.20. The summed E-state index contributed by atoms with van der Waals surface area (Å²) in [5.74, 6) is 1.52. The lowest BCUT2D eigenvalue weighted by molar-refractivity contribution is 0.342. The standard InChI is InChI=1S/C9H13N3S2/c1-13-9-8(10-14-11-9)7-5-12-3-2-6(7)4-12/h6-7H,2-5H2,1H3/t6-,7-/m0/s1. The van der Waals surface area contributed by atoms with Crippen LogP contribution in [0.15, 0.2) is 5.03 Å². The second kappa shape index (κ2) is 3.47. The predicted molar refractivity (Wildman–Crippen MR) is 59.0 cm³/mol. The van der Waals surface area contributed by atoms with Gasteiger partial charge in [0.15, 0.2) is 0 Å². The molecule has 2 aliphatic rings. The first kappa shape index (κ1) is 9.12. The normalized spacial score (nSPS) is 35.4. The van der Waals surface area contributed by atoms with Crippen LogP contribution in [0.3, 0.4) is 0 Å². The number of rotatable bonds is 2. The van der Waals surface area contributed by atoms with Crippen molar-refractivity contribution in [2.45, 2.75) is 17.4 Å². The summed E-state index contributed by atoms with van der Waals surface area (Å²) >= 11 is 3.10. The van der Waals surface area contributed by atoms with Gasteiger partial charge < -0.3 is 4.90 Å². The van der Waals surface area contributed by atoms with Crippen LogP contribution in [-0.4, -0.2) is 39.5 Å². The fourth-order valence-electron chi connectivity index (χ4n) is 2.65. The highest BCUT2D eigenvalue weighted by atomic mass is 32.2. The fourth-order valence-corrected chi connectivity index (χ4v) is 4.03. The van der Waals surface area contributed by atoms with Gasteiger partial charge in [-0.3, -0.25) is 0 Å². The Morgan fingerprint density at radius 2 is 2.36 bits per heavy atom. The van der Waals surface area contributed by atoms with E-state index in [9.17, 15) is 0 Å². The van der Waals surface area contributed by atoms with E-state index >= 15 is 0 Å². The van der Waals surface area contributed by atoms with Gasteiger partial charge in [0, 0.05) is 19.0 Å². The summed E-state index contributed by atoms with van der Waals surface area (Å²) in [7, 11) is 0. The van der Waals surface area contributed by atoms with Crippen LogP contribution >= 0.6 is 23.5 Å². The van der Waals surface area contributed by atoms with E-state index < -0.39 is 0 Å². The van der Waals surface area contributed by atoms with Crippen molar-refractivity contribution < 1.29 is 0 Å². The number of piperidine rings is 1. The van der Waals surface area contributed by atoms with E-state index in [2.05, 4.69) is 19.9 Å². The Balaban J connectivity index is 1.89. The molecule has 2 saturated heterocycles. The van der Waals surface area contributed by atoms with Crippen molar-refractivity contribution in [3.05, 3.63) is 5.69 Å². The number of fused-ring (bicyclic) bond motifs is 2. The molecule has 0 N–H and O–H groups in total. The molecule has 1 unspecified atom stereocenters. The van der Waals surface area contributed by atoms with Crippen LogP contribution < -0.4 is 0 Å². The maximum Gasteiger partial charge on any atom is 0.133 e. The van der Waals surface area contributed by atoms with Gasteiger partial charge in [0.25, 0.3) is 0 Å². The lowest BCUT2D eigenvalue weighted by atomic mass is 9.90. The van der Waals surface area contributed by atoms with E-state index in [0.29, 0.717) is 5.92 Å². The van der Waals surface area contributed by atoms with Crippen molar-refractivity contribution in [2.24, 2.45) is 5.92 Å². The molecule has 2 fully saturated rings. The zero-order valence-electron chi connectivity index (χ0n) is 8.14. The minimum Gasteiger partial charge on any atom is -0.302 e. The first-order chi connectivity index (χ1) is 6.88. The van der Waals surface area contributed by atoms with E-state index in [1.807, 2.05) is 0 Å². The average Bonchev–Trinajstić information content (AvgIpc) is 2.92. The third kappa shape index (κ3) is 1.30. The van der Waals surface area contributed by atoms with Crippen molar-refractivity contribution in [2.75, 3.05) is 25.9 Å².